The van der Waals surface area contributed by atoms with Gasteiger partial charge in [-0.15, -0.1) is 5.48 Å². The smallest absolute Gasteiger partial charge is 0.250 e. The fraction of sp³-hybridized carbons (Fsp3) is 0.150. The summed E-state index contributed by atoms with van der Waals surface area (Å²) in [6.45, 7) is 3.90. The van der Waals surface area contributed by atoms with Crippen molar-refractivity contribution in [2.45, 2.75) is 19.9 Å². The number of hydrogen-bond acceptors (Lipinski definition) is 3. The number of hydrogen-bond donors (Lipinski definition) is 3. The van der Waals surface area contributed by atoms with Crippen molar-refractivity contribution in [3.05, 3.63) is 65.2 Å². The van der Waals surface area contributed by atoms with Crippen molar-refractivity contribution in [1.82, 2.24) is 10.5 Å². The Morgan fingerprint density at radius 2 is 1.92 bits per heavy atom. The van der Waals surface area contributed by atoms with Gasteiger partial charge in [0.25, 0.3) is 5.91 Å². The van der Waals surface area contributed by atoms with Crippen molar-refractivity contribution in [3.8, 4) is 11.3 Å². The molecule has 0 bridgehead atoms. The van der Waals surface area contributed by atoms with Crippen LogP contribution >= 0.6 is 0 Å². The van der Waals surface area contributed by atoms with Crippen LogP contribution in [-0.2, 0) is 4.84 Å². The predicted octanol–water partition coefficient (Wildman–Crippen LogP) is 3.73. The Morgan fingerprint density at radius 1 is 1.19 bits per heavy atom. The average molecular weight is 351 g/mol. The van der Waals surface area contributed by atoms with Crippen LogP contribution in [0.25, 0.3) is 27.7 Å². The molecular formula is C20H18FN3O2. The molecule has 2 aromatic carbocycles. The number of nitrogens with two attached hydrogens (primary N) is 1. The second-order valence-electron chi connectivity index (χ2n) is 6.41. The molecule has 1 unspecified atom stereocenters. The number of amides is 1. The summed E-state index contributed by atoms with van der Waals surface area (Å²) >= 11 is 0. The molecule has 0 radical (unpaired) electrons. The fourth-order valence-electron chi connectivity index (χ4n) is 3.46. The average Bonchev–Trinajstić information content (AvgIpc) is 3.19. The lowest BCUT2D eigenvalue weighted by atomic mass is 9.94. The Bertz CT molecular complexity index is 1050. The Morgan fingerprint density at radius 3 is 2.54 bits per heavy atom. The second kappa shape index (κ2) is 6.00. The normalized spacial score (nSPS) is 17.0. The summed E-state index contributed by atoms with van der Waals surface area (Å²) in [6.07, 6.45) is 0. The molecule has 1 aromatic heterocycles. The van der Waals surface area contributed by atoms with Gasteiger partial charge in [-0.3, -0.25) is 4.79 Å². The highest BCUT2D eigenvalue weighted by atomic mass is 19.1. The van der Waals surface area contributed by atoms with E-state index >= 15 is 0 Å². The maximum atomic E-state index is 13.2. The zero-order chi connectivity index (χ0) is 18.4. The third-order valence-corrected chi connectivity index (χ3v) is 4.71. The summed E-state index contributed by atoms with van der Waals surface area (Å²) in [5.74, 6) is -0.0177. The van der Waals surface area contributed by atoms with E-state index in [-0.39, 0.29) is 11.9 Å². The van der Waals surface area contributed by atoms with Gasteiger partial charge in [0, 0.05) is 16.7 Å². The lowest BCUT2D eigenvalue weighted by molar-refractivity contribution is 0.100. The molecule has 2 heterocycles. The van der Waals surface area contributed by atoms with E-state index in [0.29, 0.717) is 11.1 Å². The number of allylic oxidation sites excluding steroid dienone is 1. The molecule has 5 nitrogen and oxygen atoms in total. The molecule has 6 heteroatoms. The maximum Gasteiger partial charge on any atom is 0.250 e. The van der Waals surface area contributed by atoms with E-state index < -0.39 is 5.91 Å². The Balaban J connectivity index is 1.98. The summed E-state index contributed by atoms with van der Waals surface area (Å²) in [5, 5.41) is 0.870. The van der Waals surface area contributed by atoms with Crippen LogP contribution in [0.3, 0.4) is 0 Å². The molecule has 1 atom stereocenters. The molecule has 0 saturated heterocycles. The first kappa shape index (κ1) is 16.4. The summed E-state index contributed by atoms with van der Waals surface area (Å²) < 4.78 is 13.2. The standard InChI is InChI=1S/C20H18FN3O2/c1-10-18(11(2)26-24-10)14-7-8-15(20(22)25)19-16(14)9-17(23-19)12-3-5-13(21)6-4-12/h3-10,23-24H,1-2H3,(H2,22,25). The van der Waals surface area contributed by atoms with Crippen LogP contribution in [-0.4, -0.2) is 16.9 Å². The zero-order valence-corrected chi connectivity index (χ0v) is 14.4. The number of hydroxylamine groups is 1. The molecule has 0 spiro atoms. The topological polar surface area (TPSA) is 80.1 Å². The quantitative estimate of drug-likeness (QED) is 0.673. The monoisotopic (exact) mass is 351 g/mol. The maximum absolute atomic E-state index is 13.2. The van der Waals surface area contributed by atoms with Gasteiger partial charge in [0.15, 0.2) is 0 Å². The second-order valence-corrected chi connectivity index (χ2v) is 6.41. The number of primary amides is 1. The number of aromatic amines is 1. The number of rotatable bonds is 3. The summed E-state index contributed by atoms with van der Waals surface area (Å²) in [5.41, 5.74) is 13.2. The van der Waals surface area contributed by atoms with E-state index in [9.17, 15) is 9.18 Å². The first-order valence-corrected chi connectivity index (χ1v) is 8.30. The highest BCUT2D eigenvalue weighted by Crippen LogP contribution is 2.36. The third-order valence-electron chi connectivity index (χ3n) is 4.71. The minimum Gasteiger partial charge on any atom is -0.413 e. The molecule has 0 fully saturated rings. The molecule has 4 N–H and O–H groups in total. The SMILES string of the molecule is CC1=C(c2ccc(C(N)=O)c3[nH]c(-c4ccc(F)cc4)cc23)C(C)NO1. The zero-order valence-electron chi connectivity index (χ0n) is 14.4. The molecule has 132 valence electrons. The number of carbonyl (C=O) groups is 1. The highest BCUT2D eigenvalue weighted by Gasteiger charge is 2.25. The van der Waals surface area contributed by atoms with Crippen molar-refractivity contribution in [3.63, 3.8) is 0 Å². The van der Waals surface area contributed by atoms with Crippen molar-refractivity contribution in [2.75, 3.05) is 0 Å². The number of benzene rings is 2. The highest BCUT2D eigenvalue weighted by molar-refractivity contribution is 6.09. The van der Waals surface area contributed by atoms with Crippen LogP contribution in [0.2, 0.25) is 0 Å². The lowest BCUT2D eigenvalue weighted by Gasteiger charge is -2.10. The molecule has 1 aliphatic heterocycles. The van der Waals surface area contributed by atoms with Crippen LogP contribution in [0.1, 0.15) is 29.8 Å². The molecule has 0 saturated carbocycles. The van der Waals surface area contributed by atoms with Gasteiger partial charge in [0.1, 0.15) is 11.6 Å². The molecule has 4 rings (SSSR count). The molecule has 1 aliphatic rings. The Labute approximate surface area is 149 Å². The van der Waals surface area contributed by atoms with Crippen LogP contribution in [0.4, 0.5) is 4.39 Å². The van der Waals surface area contributed by atoms with E-state index in [1.807, 2.05) is 26.0 Å². The first-order chi connectivity index (χ1) is 12.5. The van der Waals surface area contributed by atoms with Crippen molar-refractivity contribution in [1.29, 1.82) is 0 Å². The van der Waals surface area contributed by atoms with Gasteiger partial charge >= 0.3 is 0 Å². The Kier molecular flexibility index (Phi) is 3.77. The fourth-order valence-corrected chi connectivity index (χ4v) is 3.46. The largest absolute Gasteiger partial charge is 0.413 e. The predicted molar refractivity (Wildman–Crippen MR) is 98.5 cm³/mol. The molecule has 3 aromatic rings. The number of nitrogens with one attached hydrogen (secondary N) is 2. The van der Waals surface area contributed by atoms with Gasteiger partial charge in [-0.2, -0.15) is 0 Å². The first-order valence-electron chi connectivity index (χ1n) is 8.30. The number of H-pyrrole nitrogens is 1. The van der Waals surface area contributed by atoms with E-state index in [0.717, 1.165) is 33.5 Å². The molecule has 0 aliphatic carbocycles. The number of halogens is 1. The van der Waals surface area contributed by atoms with Gasteiger partial charge in [-0.25, -0.2) is 4.39 Å². The summed E-state index contributed by atoms with van der Waals surface area (Å²) in [4.78, 5) is 20.6. The lowest BCUT2D eigenvalue weighted by Crippen LogP contribution is -2.19. The molecular weight excluding hydrogens is 333 g/mol. The number of carbonyl (C=O) groups excluding carboxylic acids is 1. The van der Waals surface area contributed by atoms with E-state index in [1.165, 1.54) is 12.1 Å². The van der Waals surface area contributed by atoms with Crippen LogP contribution in [0, 0.1) is 5.82 Å². The molecule has 1 amide bonds. The van der Waals surface area contributed by atoms with E-state index in [2.05, 4.69) is 10.5 Å². The van der Waals surface area contributed by atoms with Crippen LogP contribution < -0.4 is 11.2 Å². The van der Waals surface area contributed by atoms with Crippen molar-refractivity contribution >= 4 is 22.4 Å². The van der Waals surface area contributed by atoms with Gasteiger partial charge in [0.05, 0.1) is 17.1 Å². The number of aromatic nitrogens is 1. The minimum absolute atomic E-state index is 0.0156. The summed E-state index contributed by atoms with van der Waals surface area (Å²) in [7, 11) is 0. The summed E-state index contributed by atoms with van der Waals surface area (Å²) in [6, 6.07) is 11.8. The van der Waals surface area contributed by atoms with Gasteiger partial charge in [0.2, 0.25) is 0 Å². The van der Waals surface area contributed by atoms with E-state index in [4.69, 9.17) is 10.6 Å². The minimum atomic E-state index is -0.506. The third kappa shape index (κ3) is 2.55. The van der Waals surface area contributed by atoms with Gasteiger partial charge in [-0.1, -0.05) is 6.07 Å². The van der Waals surface area contributed by atoms with Crippen molar-refractivity contribution < 1.29 is 14.0 Å². The van der Waals surface area contributed by atoms with Crippen LogP contribution in [0.15, 0.2) is 48.2 Å². The van der Waals surface area contributed by atoms with Gasteiger partial charge in [-0.05, 0) is 61.4 Å². The molecule has 26 heavy (non-hydrogen) atoms. The van der Waals surface area contributed by atoms with Crippen LogP contribution in [0.5, 0.6) is 0 Å². The van der Waals surface area contributed by atoms with Gasteiger partial charge < -0.3 is 15.6 Å². The van der Waals surface area contributed by atoms with E-state index in [1.54, 1.807) is 18.2 Å². The van der Waals surface area contributed by atoms with Crippen molar-refractivity contribution in [2.24, 2.45) is 5.73 Å². The Hall–Kier alpha value is -3.12. The number of fused-ring (bicyclic) bond motifs is 1.